The fourth-order valence-electron chi connectivity index (χ4n) is 15.1. The standard InChI is InChI=1S/C31H35FN8O2.C29H31FN8O2.C29H30FN7O2/c1-3-27(41)34-21-8-7-9-23(18-21)42-30-28-26(39-12-5-4-6-13-39)20-33-29(28)36-31(37-30)35-22-10-11-25(24(32)19-22)40-16-14-38(2)15-17-40;1-3-25(39)32-19-6-4-7-21(16-19)40-28-26-24(37-10-5-11-37)18-31-27(26)34-29(35-28)33-20-8-9-23(22(30)17-20)38-14-12-36(2)13-15-38;1-3-26(38)31-19-5-4-6-22(17-19)39-28-23-11-12-37(21-8-9-21)27(23)33-29(34-28)32-20-7-10-25(24(30)18-20)36-15-13-35(2)14-16-36/h3,7-11,18-20H,1,4-6,12-17H2,2H3,(H,34,41)(H2,33,35,36,37);3-4,6-9,16-18H,1,5,10-15H2,2H3,(H,32,39)(H2,31,33,34,35);3-7,10-12,17-18,21H,1,8-9,13-16H2,2H3,(H,31,38)(H,32,33,34). The minimum Gasteiger partial charge on any atom is -0.438 e. The number of aromatic amines is 2. The van der Waals surface area contributed by atoms with Crippen molar-refractivity contribution in [1.29, 1.82) is 0 Å². The van der Waals surface area contributed by atoms with E-state index in [1.807, 2.05) is 42.9 Å². The first-order valence-corrected chi connectivity index (χ1v) is 40.7. The molecule has 5 aliphatic heterocycles. The van der Waals surface area contributed by atoms with E-state index < -0.39 is 0 Å². The van der Waals surface area contributed by atoms with E-state index in [4.69, 9.17) is 29.2 Å². The van der Waals surface area contributed by atoms with Crippen molar-refractivity contribution >= 4 is 131 Å². The number of aromatic nitrogens is 9. The third-order valence-electron chi connectivity index (χ3n) is 22.0. The molecule has 1 saturated carbocycles. The molecule has 0 atom stereocenters. The molecule has 624 valence electrons. The maximum atomic E-state index is 15.2. The molecule has 12 aromatic rings. The Bertz CT molecular complexity index is 5800. The Morgan fingerprint density at radius 3 is 1.11 bits per heavy atom. The van der Waals surface area contributed by atoms with Crippen molar-refractivity contribution in [3.05, 3.63) is 207 Å². The van der Waals surface area contributed by atoms with E-state index in [1.165, 1.54) is 42.8 Å². The average molecular weight is 1640 g/mol. The number of nitrogens with one attached hydrogen (secondary N) is 8. The summed E-state index contributed by atoms with van der Waals surface area (Å²) in [6, 6.07) is 38.8. The van der Waals surface area contributed by atoms with E-state index in [0.29, 0.717) is 109 Å². The number of carbonyl (C=O) groups is 3. The van der Waals surface area contributed by atoms with E-state index in [2.05, 4.69) is 141 Å². The fraction of sp³-hybridized carbons (Fsp3) is 0.292. The quantitative estimate of drug-likeness (QED) is 0.0261. The Morgan fingerprint density at radius 1 is 0.397 bits per heavy atom. The summed E-state index contributed by atoms with van der Waals surface area (Å²) in [6.45, 7) is 24.3. The van der Waals surface area contributed by atoms with Crippen LogP contribution >= 0.6 is 0 Å². The lowest BCUT2D eigenvalue weighted by atomic mass is 10.1. The van der Waals surface area contributed by atoms with Crippen LogP contribution in [0.3, 0.4) is 0 Å². The molecular weight excluding hydrogens is 1540 g/mol. The highest BCUT2D eigenvalue weighted by molar-refractivity contribution is 6.01. The molecule has 1 aliphatic carbocycles. The first-order chi connectivity index (χ1) is 58.9. The highest BCUT2D eigenvalue weighted by Gasteiger charge is 2.30. The van der Waals surface area contributed by atoms with E-state index in [9.17, 15) is 14.4 Å². The van der Waals surface area contributed by atoms with Crippen molar-refractivity contribution in [2.24, 2.45) is 0 Å². The van der Waals surface area contributed by atoms with Crippen molar-refractivity contribution in [3.63, 3.8) is 0 Å². The summed E-state index contributed by atoms with van der Waals surface area (Å²) in [5, 5.41) is 20.0. The summed E-state index contributed by atoms with van der Waals surface area (Å²) in [6.07, 6.45) is 16.2. The molecule has 6 aliphatic rings. The van der Waals surface area contributed by atoms with Crippen LogP contribution < -0.4 is 70.6 Å². The van der Waals surface area contributed by atoms with Gasteiger partial charge in [0.1, 0.15) is 62.4 Å². The number of benzene rings is 6. The molecule has 0 unspecified atom stereocenters. The van der Waals surface area contributed by atoms with Crippen LogP contribution in [0.1, 0.15) is 44.6 Å². The molecule has 6 aromatic carbocycles. The molecule has 6 aromatic heterocycles. The summed E-state index contributed by atoms with van der Waals surface area (Å²) >= 11 is 0. The van der Waals surface area contributed by atoms with E-state index >= 15 is 13.2 Å². The largest absolute Gasteiger partial charge is 0.438 e. The van der Waals surface area contributed by atoms with Crippen LogP contribution in [0.4, 0.5) is 93.6 Å². The molecule has 6 fully saturated rings. The van der Waals surface area contributed by atoms with Gasteiger partial charge in [-0.05, 0) is 175 Å². The molecule has 8 N–H and O–H groups in total. The number of H-pyrrole nitrogens is 2. The van der Waals surface area contributed by atoms with Crippen LogP contribution in [0.2, 0.25) is 0 Å². The molecule has 3 amide bonds. The van der Waals surface area contributed by atoms with Gasteiger partial charge in [-0.1, -0.05) is 37.9 Å². The van der Waals surface area contributed by atoms with Crippen molar-refractivity contribution in [2.75, 3.05) is 182 Å². The van der Waals surface area contributed by atoms with Crippen molar-refractivity contribution in [3.8, 4) is 34.9 Å². The van der Waals surface area contributed by atoms with Crippen molar-refractivity contribution in [1.82, 2.24) is 59.1 Å². The van der Waals surface area contributed by atoms with Gasteiger partial charge < -0.3 is 99.8 Å². The second-order valence-corrected chi connectivity index (χ2v) is 30.6. The van der Waals surface area contributed by atoms with Crippen LogP contribution in [-0.4, -0.2) is 203 Å². The van der Waals surface area contributed by atoms with Crippen molar-refractivity contribution in [2.45, 2.75) is 44.6 Å². The molecule has 32 heteroatoms. The first-order valence-electron chi connectivity index (χ1n) is 40.7. The van der Waals surface area contributed by atoms with Gasteiger partial charge >= 0.3 is 0 Å². The van der Waals surface area contributed by atoms with E-state index in [0.717, 1.165) is 170 Å². The van der Waals surface area contributed by atoms with Gasteiger partial charge in [0, 0.05) is 182 Å². The predicted octanol–water partition coefficient (Wildman–Crippen LogP) is 15.5. The first kappa shape index (κ1) is 81.0. The van der Waals surface area contributed by atoms with Crippen LogP contribution in [0.15, 0.2) is 190 Å². The van der Waals surface area contributed by atoms with Gasteiger partial charge in [-0.3, -0.25) is 14.4 Å². The molecule has 0 bridgehead atoms. The normalized spacial score (nSPS) is 15.8. The van der Waals surface area contributed by atoms with Gasteiger partial charge in [0.25, 0.3) is 0 Å². The summed E-state index contributed by atoms with van der Waals surface area (Å²) in [7, 11) is 6.23. The fourth-order valence-corrected chi connectivity index (χ4v) is 15.1. The minimum absolute atomic E-state index is 0.266. The number of likely N-dealkylation sites (N-methyl/N-ethyl adjacent to an activating group) is 3. The van der Waals surface area contributed by atoms with Crippen LogP contribution in [0.5, 0.6) is 34.9 Å². The zero-order valence-electron chi connectivity index (χ0n) is 67.7. The second-order valence-electron chi connectivity index (χ2n) is 30.6. The smallest absolute Gasteiger partial charge is 0.247 e. The summed E-state index contributed by atoms with van der Waals surface area (Å²) < 4.78 is 66.4. The lowest BCUT2D eigenvalue weighted by Gasteiger charge is -2.34. The number of piperidine rings is 1. The Kier molecular flexibility index (Phi) is 24.5. The number of nitrogens with zero attached hydrogens (tertiary/aromatic N) is 15. The Hall–Kier alpha value is -13.7. The zero-order chi connectivity index (χ0) is 83.6. The molecular formula is C89H96F3N23O6. The summed E-state index contributed by atoms with van der Waals surface area (Å²) in [5.41, 5.74) is 9.00. The van der Waals surface area contributed by atoms with E-state index in [1.54, 1.807) is 91.0 Å². The summed E-state index contributed by atoms with van der Waals surface area (Å²) in [4.78, 5) is 87.6. The van der Waals surface area contributed by atoms with E-state index in [-0.39, 0.29) is 47.1 Å². The van der Waals surface area contributed by atoms with Gasteiger partial charge in [-0.15, -0.1) is 0 Å². The number of hydrogen-bond donors (Lipinski definition) is 8. The molecule has 0 spiro atoms. The van der Waals surface area contributed by atoms with Crippen LogP contribution in [0, 0.1) is 17.5 Å². The average Bonchev–Trinajstić information content (AvgIpc) is 1.63. The molecule has 29 nitrogen and oxygen atoms in total. The summed E-state index contributed by atoms with van der Waals surface area (Å²) in [5.74, 6) is 1.57. The molecule has 121 heavy (non-hydrogen) atoms. The molecule has 5 saturated heterocycles. The molecule has 18 rings (SSSR count). The third-order valence-corrected chi connectivity index (χ3v) is 22.0. The molecule has 0 radical (unpaired) electrons. The lowest BCUT2D eigenvalue weighted by molar-refractivity contribution is -0.112. The van der Waals surface area contributed by atoms with Gasteiger partial charge in [-0.25, -0.2) is 13.2 Å². The second kappa shape index (κ2) is 36.7. The topological polar surface area (TPSA) is 291 Å². The number of amides is 3. The monoisotopic (exact) mass is 1640 g/mol. The SMILES string of the molecule is C=CC(=O)Nc1cccc(Oc2nc(Nc3ccc(N4CCN(C)CC4)c(F)c3)nc3[nH]cc(N4CCC4)c23)c1.C=CC(=O)Nc1cccc(Oc2nc(Nc3ccc(N4CCN(C)CC4)c(F)c3)nc3[nH]cc(N4CCCCC4)c23)c1.C=CC(=O)Nc1cccc(Oc2nc(Nc3ccc(N4CCN(C)CC4)c(F)c3)nc3c2ccn3C2CC2)c1. The van der Waals surface area contributed by atoms with Crippen LogP contribution in [0.25, 0.3) is 33.1 Å². The van der Waals surface area contributed by atoms with Gasteiger partial charge in [0.2, 0.25) is 53.2 Å². The Balaban J connectivity index is 0.000000135. The number of anilines is 14. The third kappa shape index (κ3) is 19.5. The predicted molar refractivity (Wildman–Crippen MR) is 471 cm³/mol. The number of hydrogen-bond acceptors (Lipinski definition) is 23. The minimum atomic E-state index is -0.315. The number of rotatable bonds is 24. The number of fused-ring (bicyclic) bond motifs is 3. The van der Waals surface area contributed by atoms with Crippen molar-refractivity contribution < 1.29 is 41.8 Å². The zero-order valence-corrected chi connectivity index (χ0v) is 67.7. The van der Waals surface area contributed by atoms with Gasteiger partial charge in [-0.2, -0.15) is 29.9 Å². The highest BCUT2D eigenvalue weighted by Crippen LogP contribution is 2.44. The number of piperazine rings is 3. The number of ether oxygens (including phenoxy) is 3. The maximum Gasteiger partial charge on any atom is 0.247 e. The van der Waals surface area contributed by atoms with Gasteiger partial charge in [0.05, 0.1) is 33.8 Å². The Labute approximate surface area is 697 Å². The molecule has 11 heterocycles. The maximum absolute atomic E-state index is 15.2. The number of carbonyl (C=O) groups excluding carboxylic acids is 3. The van der Waals surface area contributed by atoms with Gasteiger partial charge in [0.15, 0.2) is 0 Å². The number of halogens is 3. The Morgan fingerprint density at radius 2 is 0.752 bits per heavy atom. The highest BCUT2D eigenvalue weighted by atomic mass is 19.1. The van der Waals surface area contributed by atoms with Crippen LogP contribution in [-0.2, 0) is 14.4 Å². The lowest BCUT2D eigenvalue weighted by Crippen LogP contribution is -2.44.